The summed E-state index contributed by atoms with van der Waals surface area (Å²) in [6.45, 7) is 1.56. The first-order valence-corrected chi connectivity index (χ1v) is 6.14. The highest BCUT2D eigenvalue weighted by Gasteiger charge is 2.12. The van der Waals surface area contributed by atoms with Gasteiger partial charge in [-0.25, -0.2) is 0 Å². The minimum Gasteiger partial charge on any atom is -0.488 e. The van der Waals surface area contributed by atoms with E-state index in [0.29, 0.717) is 16.6 Å². The Morgan fingerprint density at radius 2 is 2.24 bits per heavy atom. The lowest BCUT2D eigenvalue weighted by atomic mass is 10.2. The number of ether oxygens (including phenoxy) is 2. The van der Waals surface area contributed by atoms with Crippen LogP contribution in [0, 0.1) is 11.3 Å². The van der Waals surface area contributed by atoms with E-state index in [1.807, 2.05) is 6.07 Å². The molecule has 0 aliphatic rings. The van der Waals surface area contributed by atoms with E-state index in [4.69, 9.17) is 14.7 Å². The van der Waals surface area contributed by atoms with Crippen molar-refractivity contribution in [3.8, 4) is 11.8 Å². The number of rotatable bonds is 5. The van der Waals surface area contributed by atoms with Gasteiger partial charge in [0.1, 0.15) is 24.5 Å². The minimum absolute atomic E-state index is 0.212. The molecule has 0 N–H and O–H groups in total. The summed E-state index contributed by atoms with van der Waals surface area (Å²) in [6.07, 6.45) is -0.362. The first-order chi connectivity index (χ1) is 8.17. The highest BCUT2D eigenvalue weighted by molar-refractivity contribution is 9.09. The molecule has 1 aromatic rings. The molecule has 1 rings (SSSR count). The number of alkyl halides is 1. The average molecular weight is 298 g/mol. The fourth-order valence-electron chi connectivity index (χ4n) is 1.21. The van der Waals surface area contributed by atoms with E-state index in [0.717, 1.165) is 0 Å². The maximum Gasteiger partial charge on any atom is 0.303 e. The summed E-state index contributed by atoms with van der Waals surface area (Å²) >= 11 is 3.23. The Balaban J connectivity index is 2.60. The molecule has 4 nitrogen and oxygen atoms in total. The molecule has 0 radical (unpaired) electrons. The highest BCUT2D eigenvalue weighted by atomic mass is 79.9. The van der Waals surface area contributed by atoms with Gasteiger partial charge >= 0.3 is 5.97 Å². The summed E-state index contributed by atoms with van der Waals surface area (Å²) in [7, 11) is 0. The van der Waals surface area contributed by atoms with Crippen LogP contribution in [0.1, 0.15) is 12.5 Å². The van der Waals surface area contributed by atoms with Gasteiger partial charge in [-0.3, -0.25) is 4.79 Å². The molecule has 5 heteroatoms. The zero-order valence-corrected chi connectivity index (χ0v) is 10.9. The average Bonchev–Trinajstić information content (AvgIpc) is 2.34. The van der Waals surface area contributed by atoms with Crippen molar-refractivity contribution in [1.29, 1.82) is 5.26 Å². The van der Waals surface area contributed by atoms with E-state index >= 15 is 0 Å². The lowest BCUT2D eigenvalue weighted by Gasteiger charge is -2.15. The molecule has 17 heavy (non-hydrogen) atoms. The predicted octanol–water partition coefficient (Wildman–Crippen LogP) is 2.26. The normalized spacial score (nSPS) is 11.4. The fourth-order valence-corrected chi connectivity index (χ4v) is 1.53. The number of nitriles is 1. The molecule has 0 saturated heterocycles. The summed E-state index contributed by atoms with van der Waals surface area (Å²) in [5.74, 6) is 0.139. The number of carbonyl (C=O) groups is 1. The van der Waals surface area contributed by atoms with Crippen LogP contribution >= 0.6 is 15.9 Å². The number of esters is 1. The Hall–Kier alpha value is -1.54. The second kappa shape index (κ2) is 6.92. The van der Waals surface area contributed by atoms with Crippen molar-refractivity contribution in [3.05, 3.63) is 29.8 Å². The van der Waals surface area contributed by atoms with Gasteiger partial charge in [-0.1, -0.05) is 28.1 Å². The Bertz CT molecular complexity index is 428. The van der Waals surface area contributed by atoms with Gasteiger partial charge < -0.3 is 9.47 Å². The molecule has 0 fully saturated rings. The van der Waals surface area contributed by atoms with Crippen molar-refractivity contribution < 1.29 is 14.3 Å². The smallest absolute Gasteiger partial charge is 0.303 e. The highest BCUT2D eigenvalue weighted by Crippen LogP contribution is 2.17. The molecule has 0 aliphatic carbocycles. The van der Waals surface area contributed by atoms with Crippen LogP contribution in [0.15, 0.2) is 24.3 Å². The lowest BCUT2D eigenvalue weighted by molar-refractivity contribution is -0.146. The molecule has 0 aromatic heterocycles. The Morgan fingerprint density at radius 1 is 1.53 bits per heavy atom. The first-order valence-electron chi connectivity index (χ1n) is 5.02. The van der Waals surface area contributed by atoms with Gasteiger partial charge in [0, 0.05) is 12.3 Å². The van der Waals surface area contributed by atoms with Crippen LogP contribution in [0.3, 0.4) is 0 Å². The molecule has 0 bridgehead atoms. The van der Waals surface area contributed by atoms with Crippen LogP contribution in [-0.4, -0.2) is 24.0 Å². The van der Waals surface area contributed by atoms with Crippen LogP contribution in [0.4, 0.5) is 0 Å². The fraction of sp³-hybridized carbons (Fsp3) is 0.333. The Kier molecular flexibility index (Phi) is 5.50. The van der Waals surface area contributed by atoms with Crippen LogP contribution in [0.2, 0.25) is 0 Å². The van der Waals surface area contributed by atoms with Gasteiger partial charge in [0.05, 0.1) is 5.56 Å². The van der Waals surface area contributed by atoms with Gasteiger partial charge in [-0.05, 0) is 12.1 Å². The molecule has 90 valence electrons. The largest absolute Gasteiger partial charge is 0.488 e. The minimum atomic E-state index is -0.362. The second-order valence-corrected chi connectivity index (χ2v) is 3.95. The van der Waals surface area contributed by atoms with Gasteiger partial charge in [-0.15, -0.1) is 0 Å². The number of hydrogen-bond donors (Lipinski definition) is 0. The van der Waals surface area contributed by atoms with Crippen LogP contribution in [0.5, 0.6) is 5.75 Å². The van der Waals surface area contributed by atoms with Crippen LogP contribution < -0.4 is 4.74 Å². The number of benzene rings is 1. The zero-order valence-electron chi connectivity index (χ0n) is 9.35. The maximum absolute atomic E-state index is 10.8. The first kappa shape index (κ1) is 13.5. The van der Waals surface area contributed by atoms with Gasteiger partial charge in [0.25, 0.3) is 0 Å². The lowest BCUT2D eigenvalue weighted by Crippen LogP contribution is -2.25. The molecule has 0 heterocycles. The van der Waals surface area contributed by atoms with E-state index < -0.39 is 0 Å². The molecule has 0 saturated carbocycles. The SMILES string of the molecule is CC(=O)O[C@H](CBr)COc1ccccc1C#N. The molecular weight excluding hydrogens is 286 g/mol. The van der Waals surface area contributed by atoms with Gasteiger partial charge in [-0.2, -0.15) is 5.26 Å². The molecule has 0 amide bonds. The number of nitrogens with zero attached hydrogens (tertiary/aromatic N) is 1. The van der Waals surface area contributed by atoms with Crippen molar-refractivity contribution in [2.45, 2.75) is 13.0 Å². The Morgan fingerprint density at radius 3 is 2.82 bits per heavy atom. The van der Waals surface area contributed by atoms with Crippen molar-refractivity contribution >= 4 is 21.9 Å². The molecule has 0 spiro atoms. The van der Waals surface area contributed by atoms with Crippen molar-refractivity contribution in [3.63, 3.8) is 0 Å². The number of hydrogen-bond acceptors (Lipinski definition) is 4. The van der Waals surface area contributed by atoms with Crippen molar-refractivity contribution in [1.82, 2.24) is 0 Å². The summed E-state index contributed by atoms with van der Waals surface area (Å²) < 4.78 is 10.5. The van der Waals surface area contributed by atoms with Crippen LogP contribution in [-0.2, 0) is 9.53 Å². The number of para-hydroxylation sites is 1. The quantitative estimate of drug-likeness (QED) is 0.618. The number of carbonyl (C=O) groups excluding carboxylic acids is 1. The van der Waals surface area contributed by atoms with E-state index in [1.165, 1.54) is 6.92 Å². The third-order valence-corrected chi connectivity index (χ3v) is 2.66. The zero-order chi connectivity index (χ0) is 12.7. The monoisotopic (exact) mass is 297 g/mol. The third kappa shape index (κ3) is 4.45. The van der Waals surface area contributed by atoms with E-state index in [9.17, 15) is 4.79 Å². The second-order valence-electron chi connectivity index (χ2n) is 3.30. The topological polar surface area (TPSA) is 59.3 Å². The summed E-state index contributed by atoms with van der Waals surface area (Å²) in [4.78, 5) is 10.8. The molecule has 0 aliphatic heterocycles. The van der Waals surface area contributed by atoms with Crippen LogP contribution in [0.25, 0.3) is 0 Å². The number of halogens is 1. The van der Waals surface area contributed by atoms with Gasteiger partial charge in [0.2, 0.25) is 0 Å². The summed E-state index contributed by atoms with van der Waals surface area (Å²) in [6, 6.07) is 8.96. The van der Waals surface area contributed by atoms with E-state index in [1.54, 1.807) is 24.3 Å². The van der Waals surface area contributed by atoms with E-state index in [2.05, 4.69) is 15.9 Å². The Labute approximate surface area is 108 Å². The maximum atomic E-state index is 10.8. The van der Waals surface area contributed by atoms with Crippen molar-refractivity contribution in [2.75, 3.05) is 11.9 Å². The molecule has 1 atom stereocenters. The molecular formula is C12H12BrNO3. The summed E-state index contributed by atoms with van der Waals surface area (Å²) in [5, 5.41) is 9.35. The van der Waals surface area contributed by atoms with Gasteiger partial charge in [0.15, 0.2) is 0 Å². The standard InChI is InChI=1S/C12H12BrNO3/c1-9(15)17-11(6-13)8-16-12-5-3-2-4-10(12)7-14/h2-5,11H,6,8H2,1H3/t11-/m1/s1. The predicted molar refractivity (Wildman–Crippen MR) is 66.0 cm³/mol. The molecule has 0 unspecified atom stereocenters. The summed E-state index contributed by atoms with van der Waals surface area (Å²) in [5.41, 5.74) is 0.462. The molecule has 1 aromatic carbocycles. The third-order valence-electron chi connectivity index (χ3n) is 1.94. The van der Waals surface area contributed by atoms with E-state index in [-0.39, 0.29) is 18.7 Å². The van der Waals surface area contributed by atoms with Crippen molar-refractivity contribution in [2.24, 2.45) is 0 Å².